The maximum absolute atomic E-state index is 10.9. The summed E-state index contributed by atoms with van der Waals surface area (Å²) >= 11 is 0. The Labute approximate surface area is 105 Å². The first-order chi connectivity index (χ1) is 8.60. The van der Waals surface area contributed by atoms with Crippen molar-refractivity contribution in [3.63, 3.8) is 0 Å². The lowest BCUT2D eigenvalue weighted by molar-refractivity contribution is -0.384. The molecule has 1 aliphatic heterocycles. The van der Waals surface area contributed by atoms with Gasteiger partial charge in [0.1, 0.15) is 5.75 Å². The molecule has 0 saturated carbocycles. The lowest BCUT2D eigenvalue weighted by Crippen LogP contribution is -2.21. The number of ether oxygens (including phenoxy) is 1. The molecule has 1 N–H and O–H groups in total. The van der Waals surface area contributed by atoms with Crippen LogP contribution < -0.4 is 9.64 Å². The maximum Gasteiger partial charge on any atom is 0.275 e. The third-order valence-electron chi connectivity index (χ3n) is 2.93. The highest BCUT2D eigenvalue weighted by atomic mass is 16.6. The minimum absolute atomic E-state index is 0.0114. The quantitative estimate of drug-likeness (QED) is 0.650. The van der Waals surface area contributed by atoms with Crippen molar-refractivity contribution in [2.45, 2.75) is 19.4 Å². The Kier molecular flexibility index (Phi) is 3.66. The molecule has 0 unspecified atom stereocenters. The van der Waals surface area contributed by atoms with Crippen LogP contribution in [0.25, 0.3) is 0 Å². The monoisotopic (exact) mass is 252 g/mol. The van der Waals surface area contributed by atoms with Gasteiger partial charge in [-0.15, -0.1) is 0 Å². The first-order valence-corrected chi connectivity index (χ1v) is 5.95. The number of rotatable bonds is 4. The van der Waals surface area contributed by atoms with Crippen LogP contribution in [0.5, 0.6) is 5.75 Å². The van der Waals surface area contributed by atoms with Crippen LogP contribution in [0, 0.1) is 10.1 Å². The average molecular weight is 252 g/mol. The van der Waals surface area contributed by atoms with Crippen LogP contribution in [0.2, 0.25) is 0 Å². The van der Waals surface area contributed by atoms with Gasteiger partial charge in [0.25, 0.3) is 5.69 Å². The summed E-state index contributed by atoms with van der Waals surface area (Å²) in [5.74, 6) is 0.489. The lowest BCUT2D eigenvalue weighted by Gasteiger charge is -2.18. The lowest BCUT2D eigenvalue weighted by atomic mass is 10.2. The summed E-state index contributed by atoms with van der Waals surface area (Å²) in [4.78, 5) is 12.4. The topological polar surface area (TPSA) is 75.8 Å². The Bertz CT molecular complexity index is 450. The fourth-order valence-electron chi connectivity index (χ4n) is 2.08. The van der Waals surface area contributed by atoms with Gasteiger partial charge in [0.2, 0.25) is 0 Å². The highest BCUT2D eigenvalue weighted by molar-refractivity contribution is 5.58. The molecule has 1 fully saturated rings. The van der Waals surface area contributed by atoms with Gasteiger partial charge in [-0.1, -0.05) is 0 Å². The van der Waals surface area contributed by atoms with Crippen molar-refractivity contribution in [2.24, 2.45) is 0 Å². The Morgan fingerprint density at radius 1 is 1.56 bits per heavy atom. The predicted molar refractivity (Wildman–Crippen MR) is 67.1 cm³/mol. The zero-order chi connectivity index (χ0) is 13.1. The van der Waals surface area contributed by atoms with E-state index in [1.165, 1.54) is 12.1 Å². The Morgan fingerprint density at radius 3 is 2.89 bits per heavy atom. The number of nitro benzene ring substituents is 1. The molecule has 1 aromatic carbocycles. The second-order valence-electron chi connectivity index (χ2n) is 4.26. The van der Waals surface area contributed by atoms with Gasteiger partial charge in [0, 0.05) is 30.9 Å². The number of nitro groups is 1. The van der Waals surface area contributed by atoms with Gasteiger partial charge in [-0.05, 0) is 13.3 Å². The molecule has 1 saturated heterocycles. The molecule has 0 amide bonds. The minimum atomic E-state index is -0.432. The Morgan fingerprint density at radius 2 is 2.33 bits per heavy atom. The van der Waals surface area contributed by atoms with Gasteiger partial charge in [0.05, 0.1) is 23.7 Å². The molecular formula is C12H16N2O4. The standard InChI is InChI=1S/C12H16N2O4/c1-2-18-12-6-9(5-10(7-12)14(16)17)13-4-3-11(15)8-13/h5-7,11,15H,2-4,8H2,1H3/t11-/m1/s1. The molecular weight excluding hydrogens is 236 g/mol. The molecule has 1 atom stereocenters. The van der Waals surface area contributed by atoms with Crippen molar-refractivity contribution in [3.8, 4) is 5.75 Å². The third-order valence-corrected chi connectivity index (χ3v) is 2.93. The van der Waals surface area contributed by atoms with Crippen molar-refractivity contribution in [1.82, 2.24) is 0 Å². The van der Waals surface area contributed by atoms with Gasteiger partial charge < -0.3 is 14.7 Å². The summed E-state index contributed by atoms with van der Waals surface area (Å²) in [7, 11) is 0. The molecule has 0 radical (unpaired) electrons. The number of β-amino-alcohol motifs (C(OH)–C–C–N with tert-alkyl or cyclic N) is 1. The number of benzene rings is 1. The van der Waals surface area contributed by atoms with Crippen LogP contribution in [0.1, 0.15) is 13.3 Å². The maximum atomic E-state index is 10.9. The van der Waals surface area contributed by atoms with E-state index in [-0.39, 0.29) is 11.8 Å². The summed E-state index contributed by atoms with van der Waals surface area (Å²) in [6, 6.07) is 4.70. The second kappa shape index (κ2) is 5.22. The third kappa shape index (κ3) is 2.70. The predicted octanol–water partition coefficient (Wildman–Crippen LogP) is 1.56. The Balaban J connectivity index is 2.30. The van der Waals surface area contributed by atoms with E-state index in [9.17, 15) is 15.2 Å². The molecule has 0 bridgehead atoms. The van der Waals surface area contributed by atoms with E-state index in [2.05, 4.69) is 0 Å². The van der Waals surface area contributed by atoms with Crippen LogP contribution in [-0.2, 0) is 0 Å². The number of non-ortho nitro benzene ring substituents is 1. The second-order valence-corrected chi connectivity index (χ2v) is 4.26. The van der Waals surface area contributed by atoms with E-state index in [4.69, 9.17) is 4.74 Å². The zero-order valence-corrected chi connectivity index (χ0v) is 10.2. The molecule has 0 aliphatic carbocycles. The fraction of sp³-hybridized carbons (Fsp3) is 0.500. The van der Waals surface area contributed by atoms with Crippen molar-refractivity contribution in [2.75, 3.05) is 24.6 Å². The van der Waals surface area contributed by atoms with Gasteiger partial charge in [-0.3, -0.25) is 10.1 Å². The molecule has 6 heteroatoms. The van der Waals surface area contributed by atoms with Crippen LogP contribution in [0.15, 0.2) is 18.2 Å². The SMILES string of the molecule is CCOc1cc(N2CC[C@@H](O)C2)cc([N+](=O)[O-])c1. The van der Waals surface area contributed by atoms with E-state index in [0.29, 0.717) is 31.9 Å². The Hall–Kier alpha value is -1.82. The normalized spacial score (nSPS) is 19.0. The highest BCUT2D eigenvalue weighted by Gasteiger charge is 2.22. The van der Waals surface area contributed by atoms with Crippen LogP contribution in [-0.4, -0.2) is 35.8 Å². The number of nitrogens with zero attached hydrogens (tertiary/aromatic N) is 2. The smallest absolute Gasteiger partial charge is 0.275 e. The van der Waals surface area contributed by atoms with Gasteiger partial charge in [-0.25, -0.2) is 0 Å². The molecule has 18 heavy (non-hydrogen) atoms. The van der Waals surface area contributed by atoms with Crippen LogP contribution >= 0.6 is 0 Å². The van der Waals surface area contributed by atoms with Crippen LogP contribution in [0.3, 0.4) is 0 Å². The summed E-state index contributed by atoms with van der Waals surface area (Å²) < 4.78 is 5.33. The minimum Gasteiger partial charge on any atom is -0.494 e. The largest absolute Gasteiger partial charge is 0.494 e. The number of anilines is 1. The molecule has 2 rings (SSSR count). The zero-order valence-electron chi connectivity index (χ0n) is 10.2. The highest BCUT2D eigenvalue weighted by Crippen LogP contribution is 2.30. The number of hydrogen-bond acceptors (Lipinski definition) is 5. The van der Waals surface area contributed by atoms with Gasteiger partial charge >= 0.3 is 0 Å². The fourth-order valence-corrected chi connectivity index (χ4v) is 2.08. The summed E-state index contributed by atoms with van der Waals surface area (Å²) in [6.45, 7) is 3.50. The average Bonchev–Trinajstić information content (AvgIpc) is 2.76. The molecule has 1 aromatic rings. The first-order valence-electron chi connectivity index (χ1n) is 5.95. The van der Waals surface area contributed by atoms with Crippen molar-refractivity contribution in [3.05, 3.63) is 28.3 Å². The van der Waals surface area contributed by atoms with Gasteiger partial charge in [-0.2, -0.15) is 0 Å². The van der Waals surface area contributed by atoms with E-state index in [1.54, 1.807) is 6.07 Å². The van der Waals surface area contributed by atoms with Crippen molar-refractivity contribution < 1.29 is 14.8 Å². The van der Waals surface area contributed by atoms with E-state index < -0.39 is 4.92 Å². The molecule has 0 spiro atoms. The molecule has 1 heterocycles. The summed E-state index contributed by atoms with van der Waals surface area (Å²) in [5, 5.41) is 20.4. The number of hydrogen-bond donors (Lipinski definition) is 1. The molecule has 0 aromatic heterocycles. The van der Waals surface area contributed by atoms with Gasteiger partial charge in [0.15, 0.2) is 0 Å². The van der Waals surface area contributed by atoms with Crippen molar-refractivity contribution in [1.29, 1.82) is 0 Å². The number of aliphatic hydroxyl groups is 1. The molecule has 6 nitrogen and oxygen atoms in total. The molecule has 98 valence electrons. The summed E-state index contributed by atoms with van der Waals surface area (Å²) in [6.07, 6.45) is 0.326. The van der Waals surface area contributed by atoms with E-state index >= 15 is 0 Å². The first kappa shape index (κ1) is 12.6. The molecule has 1 aliphatic rings. The van der Waals surface area contributed by atoms with E-state index in [0.717, 1.165) is 5.69 Å². The number of aliphatic hydroxyl groups excluding tert-OH is 1. The van der Waals surface area contributed by atoms with Crippen LogP contribution in [0.4, 0.5) is 11.4 Å². The van der Waals surface area contributed by atoms with Crippen molar-refractivity contribution >= 4 is 11.4 Å². The van der Waals surface area contributed by atoms with E-state index in [1.807, 2.05) is 11.8 Å². The summed E-state index contributed by atoms with van der Waals surface area (Å²) in [5.41, 5.74) is 0.738.